The SMILES string of the molecule is CNc1cc(C(=O)O)nn2ccnc12. The molecule has 0 spiro atoms. The molecule has 0 bridgehead atoms. The van der Waals surface area contributed by atoms with E-state index in [1.165, 1.54) is 10.6 Å². The molecule has 0 fully saturated rings. The molecule has 0 saturated carbocycles. The molecule has 0 aliphatic heterocycles. The maximum absolute atomic E-state index is 10.7. The van der Waals surface area contributed by atoms with Crippen molar-refractivity contribution < 1.29 is 9.90 Å². The van der Waals surface area contributed by atoms with Gasteiger partial charge in [-0.05, 0) is 0 Å². The van der Waals surface area contributed by atoms with E-state index >= 15 is 0 Å². The zero-order valence-corrected chi connectivity index (χ0v) is 7.43. The number of hydrogen-bond donors (Lipinski definition) is 2. The minimum atomic E-state index is -1.06. The van der Waals surface area contributed by atoms with Crippen LogP contribution in [-0.2, 0) is 0 Å². The molecule has 72 valence electrons. The number of imidazole rings is 1. The Morgan fingerprint density at radius 1 is 1.64 bits per heavy atom. The Balaban J connectivity index is 2.73. The first-order valence-electron chi connectivity index (χ1n) is 3.98. The van der Waals surface area contributed by atoms with E-state index in [0.29, 0.717) is 11.3 Å². The molecule has 2 N–H and O–H groups in total. The average Bonchev–Trinajstić information content (AvgIpc) is 2.63. The van der Waals surface area contributed by atoms with E-state index in [1.54, 1.807) is 19.4 Å². The van der Waals surface area contributed by atoms with Gasteiger partial charge in [0.1, 0.15) is 0 Å². The van der Waals surface area contributed by atoms with Crippen LogP contribution in [0.25, 0.3) is 5.65 Å². The third kappa shape index (κ3) is 1.17. The summed E-state index contributed by atoms with van der Waals surface area (Å²) in [5.41, 5.74) is 1.24. The summed E-state index contributed by atoms with van der Waals surface area (Å²) in [5, 5.41) is 15.5. The zero-order valence-electron chi connectivity index (χ0n) is 7.43. The van der Waals surface area contributed by atoms with E-state index in [4.69, 9.17) is 5.11 Å². The maximum atomic E-state index is 10.7. The van der Waals surface area contributed by atoms with Crippen LogP contribution in [0.15, 0.2) is 18.5 Å². The molecule has 0 saturated heterocycles. The van der Waals surface area contributed by atoms with Gasteiger partial charge in [-0.3, -0.25) is 0 Å². The Labute approximate surface area is 79.2 Å². The number of hydrogen-bond acceptors (Lipinski definition) is 4. The number of fused-ring (bicyclic) bond motifs is 1. The third-order valence-corrected chi connectivity index (χ3v) is 1.85. The number of nitrogens with zero attached hydrogens (tertiary/aromatic N) is 3. The van der Waals surface area contributed by atoms with Gasteiger partial charge in [-0.2, -0.15) is 5.10 Å². The summed E-state index contributed by atoms with van der Waals surface area (Å²) in [6, 6.07) is 1.45. The summed E-state index contributed by atoms with van der Waals surface area (Å²) in [5.74, 6) is -1.06. The Kier molecular flexibility index (Phi) is 1.81. The van der Waals surface area contributed by atoms with E-state index in [1.807, 2.05) is 0 Å². The molecule has 0 radical (unpaired) electrons. The largest absolute Gasteiger partial charge is 0.476 e. The summed E-state index contributed by atoms with van der Waals surface area (Å²) in [7, 11) is 1.70. The van der Waals surface area contributed by atoms with Gasteiger partial charge in [0.05, 0.1) is 5.69 Å². The smallest absolute Gasteiger partial charge is 0.356 e. The molecule has 2 aromatic rings. The Hall–Kier alpha value is -2.11. The van der Waals surface area contributed by atoms with Crippen LogP contribution in [0.4, 0.5) is 5.69 Å². The summed E-state index contributed by atoms with van der Waals surface area (Å²) in [6.07, 6.45) is 3.16. The fraction of sp³-hybridized carbons (Fsp3) is 0.125. The Morgan fingerprint density at radius 2 is 2.43 bits per heavy atom. The van der Waals surface area contributed by atoms with Crippen molar-refractivity contribution in [1.82, 2.24) is 14.6 Å². The second-order valence-electron chi connectivity index (χ2n) is 2.69. The molecule has 2 rings (SSSR count). The van der Waals surface area contributed by atoms with Crippen LogP contribution in [0.5, 0.6) is 0 Å². The molecule has 0 aliphatic rings. The van der Waals surface area contributed by atoms with Gasteiger partial charge in [0.15, 0.2) is 11.3 Å². The van der Waals surface area contributed by atoms with Crippen molar-refractivity contribution in [1.29, 1.82) is 0 Å². The summed E-state index contributed by atoms with van der Waals surface area (Å²) in [4.78, 5) is 14.7. The number of carboxylic acids is 1. The van der Waals surface area contributed by atoms with Crippen LogP contribution in [0.3, 0.4) is 0 Å². The van der Waals surface area contributed by atoms with Crippen molar-refractivity contribution in [3.63, 3.8) is 0 Å². The number of rotatable bonds is 2. The van der Waals surface area contributed by atoms with E-state index in [-0.39, 0.29) is 5.69 Å². The van der Waals surface area contributed by atoms with Gasteiger partial charge in [0.25, 0.3) is 0 Å². The predicted molar refractivity (Wildman–Crippen MR) is 49.5 cm³/mol. The summed E-state index contributed by atoms with van der Waals surface area (Å²) >= 11 is 0. The number of aromatic carboxylic acids is 1. The molecule has 0 aromatic carbocycles. The highest BCUT2D eigenvalue weighted by atomic mass is 16.4. The topological polar surface area (TPSA) is 79.5 Å². The number of aromatic nitrogens is 3. The van der Waals surface area contributed by atoms with Gasteiger partial charge in [0, 0.05) is 25.5 Å². The van der Waals surface area contributed by atoms with Crippen molar-refractivity contribution in [3.05, 3.63) is 24.2 Å². The highest BCUT2D eigenvalue weighted by Crippen LogP contribution is 2.14. The number of carbonyl (C=O) groups is 1. The minimum absolute atomic E-state index is 0.0140. The molecular weight excluding hydrogens is 184 g/mol. The molecule has 0 aliphatic carbocycles. The molecule has 0 unspecified atom stereocenters. The molecular formula is C8H8N4O2. The number of anilines is 1. The molecule has 6 nitrogen and oxygen atoms in total. The average molecular weight is 192 g/mol. The van der Waals surface area contributed by atoms with E-state index in [2.05, 4.69) is 15.4 Å². The second-order valence-corrected chi connectivity index (χ2v) is 2.69. The molecule has 0 atom stereocenters. The van der Waals surface area contributed by atoms with Crippen molar-refractivity contribution in [3.8, 4) is 0 Å². The van der Waals surface area contributed by atoms with Crippen LogP contribution < -0.4 is 5.32 Å². The highest BCUT2D eigenvalue weighted by molar-refractivity contribution is 5.87. The lowest BCUT2D eigenvalue weighted by atomic mass is 10.3. The standard InChI is InChI=1S/C8H8N4O2/c1-9-5-4-6(8(13)14)11-12-3-2-10-7(5)12/h2-4,9H,1H3,(H,13,14). The van der Waals surface area contributed by atoms with Gasteiger partial charge in [-0.15, -0.1) is 0 Å². The van der Waals surface area contributed by atoms with Crippen LogP contribution in [0, 0.1) is 0 Å². The number of carboxylic acid groups (broad SMARTS) is 1. The fourth-order valence-electron chi connectivity index (χ4n) is 1.21. The highest BCUT2D eigenvalue weighted by Gasteiger charge is 2.10. The molecule has 14 heavy (non-hydrogen) atoms. The van der Waals surface area contributed by atoms with Crippen LogP contribution in [-0.4, -0.2) is 32.7 Å². The monoisotopic (exact) mass is 192 g/mol. The van der Waals surface area contributed by atoms with Gasteiger partial charge >= 0.3 is 5.97 Å². The lowest BCUT2D eigenvalue weighted by Crippen LogP contribution is -2.06. The van der Waals surface area contributed by atoms with Crippen molar-refractivity contribution in [2.75, 3.05) is 12.4 Å². The maximum Gasteiger partial charge on any atom is 0.356 e. The quantitative estimate of drug-likeness (QED) is 0.723. The van der Waals surface area contributed by atoms with E-state index in [0.717, 1.165) is 0 Å². The second kappa shape index (κ2) is 2.99. The third-order valence-electron chi connectivity index (χ3n) is 1.85. The Bertz CT molecular complexity index is 491. The first-order valence-corrected chi connectivity index (χ1v) is 3.98. The van der Waals surface area contributed by atoms with E-state index in [9.17, 15) is 4.79 Å². The van der Waals surface area contributed by atoms with Crippen LogP contribution in [0.2, 0.25) is 0 Å². The van der Waals surface area contributed by atoms with E-state index < -0.39 is 5.97 Å². The Morgan fingerprint density at radius 3 is 3.07 bits per heavy atom. The van der Waals surface area contributed by atoms with Crippen molar-refractivity contribution in [2.45, 2.75) is 0 Å². The lowest BCUT2D eigenvalue weighted by molar-refractivity contribution is 0.0689. The van der Waals surface area contributed by atoms with Crippen LogP contribution >= 0.6 is 0 Å². The fourth-order valence-corrected chi connectivity index (χ4v) is 1.21. The minimum Gasteiger partial charge on any atom is -0.476 e. The van der Waals surface area contributed by atoms with Gasteiger partial charge in [0.2, 0.25) is 0 Å². The molecule has 0 amide bonds. The first-order chi connectivity index (χ1) is 6.72. The van der Waals surface area contributed by atoms with Crippen LogP contribution in [0.1, 0.15) is 10.5 Å². The van der Waals surface area contributed by atoms with Gasteiger partial charge < -0.3 is 10.4 Å². The molecule has 2 aromatic heterocycles. The van der Waals surface area contributed by atoms with Gasteiger partial charge in [-0.25, -0.2) is 14.3 Å². The van der Waals surface area contributed by atoms with Gasteiger partial charge in [-0.1, -0.05) is 0 Å². The molecule has 2 heterocycles. The van der Waals surface area contributed by atoms with Crippen molar-refractivity contribution >= 4 is 17.3 Å². The molecule has 6 heteroatoms. The first kappa shape index (κ1) is 8.49. The zero-order chi connectivity index (χ0) is 10.1. The number of nitrogens with one attached hydrogen (secondary N) is 1. The predicted octanol–water partition coefficient (Wildman–Crippen LogP) is 0.469. The normalized spacial score (nSPS) is 10.4. The van der Waals surface area contributed by atoms with Crippen molar-refractivity contribution in [2.24, 2.45) is 0 Å². The summed E-state index contributed by atoms with van der Waals surface area (Å²) < 4.78 is 1.43. The lowest BCUT2D eigenvalue weighted by Gasteiger charge is -2.03. The summed E-state index contributed by atoms with van der Waals surface area (Å²) in [6.45, 7) is 0.